The number of nitrogens with zero attached hydrogens (tertiary/aromatic N) is 16. The fraction of sp³-hybridized carbons (Fsp3) is 0.259. The van der Waals surface area contributed by atoms with Crippen LogP contribution >= 0.6 is 50.7 Å². The molecule has 28 heteroatoms. The molecule has 21 nitrogen and oxygen atoms in total. The Labute approximate surface area is 817 Å². The Bertz CT molecular complexity index is 6990. The first-order valence-corrected chi connectivity index (χ1v) is 46.5. The molecule has 136 heavy (non-hydrogen) atoms. The molecule has 0 radical (unpaired) electrons. The largest absolute Gasteiger partial charge is 0.417 e. The van der Waals surface area contributed by atoms with Crippen molar-refractivity contribution in [3.8, 4) is 86.2 Å². The van der Waals surface area contributed by atoms with Crippen molar-refractivity contribution in [2.75, 3.05) is 63.8 Å². The number of rotatable bonds is 24. The van der Waals surface area contributed by atoms with Crippen LogP contribution in [0.1, 0.15) is 153 Å². The number of aromatic amines is 4. The maximum absolute atomic E-state index is 13.4. The van der Waals surface area contributed by atoms with Gasteiger partial charge in [-0.1, -0.05) is 95.5 Å². The summed E-state index contributed by atoms with van der Waals surface area (Å²) in [5, 5.41) is 89.9. The van der Waals surface area contributed by atoms with Gasteiger partial charge in [0.15, 0.2) is 0 Å². The molecular formula is C108H109BrCl3F3N20O. The molecule has 5 aromatic heterocycles. The van der Waals surface area contributed by atoms with Gasteiger partial charge in [0, 0.05) is 159 Å². The minimum absolute atomic E-state index is 0.205. The highest BCUT2D eigenvalue weighted by Gasteiger charge is 2.35. The fourth-order valence-electron chi connectivity index (χ4n) is 16.7. The third-order valence-electron chi connectivity index (χ3n) is 23.7. The molecule has 15 aromatic rings. The summed E-state index contributed by atoms with van der Waals surface area (Å²) in [6.07, 6.45) is 1.91. The molecule has 0 unspecified atom stereocenters. The number of nitrogens with one attached hydrogen (secondary N) is 4. The lowest BCUT2D eigenvalue weighted by Gasteiger charge is -2.28. The molecule has 0 saturated carbocycles. The molecule has 0 atom stereocenters. The molecule has 0 aliphatic rings. The number of nitriles is 5. The molecule has 0 bridgehead atoms. The summed E-state index contributed by atoms with van der Waals surface area (Å²) >= 11 is 22.3. The molecule has 10 aromatic carbocycles. The maximum Gasteiger partial charge on any atom is 0.417 e. The van der Waals surface area contributed by atoms with Crippen LogP contribution in [0.4, 0.5) is 70.0 Å². The Kier molecular flexibility index (Phi) is 34.7. The van der Waals surface area contributed by atoms with Crippen molar-refractivity contribution in [1.29, 1.82) is 26.3 Å². The standard InChI is InChI=1S/C24H27ClN4O.C22H21F3N4.C21H21BrN4.C21H21ClN4.C20H19ClN4/c1-16-7-8-19(24-17(2)27-28-18(24)3)13-23(16)29(11-5-4-6-12-30)21-10-9-20(15-26)22(25)14-21;1-5-29(18-9-8-17(12-26)19(11-18)22(23,24)25)20-10-16(7-6-13(20)2)21-14(3)27-28-15(21)4;1-5-26(18-9-8-17(12-23)19(22)11-18)20-10-16(7-6-13(20)2)21-14(3)24-25-15(21)4;1-5-26(18-9-8-17(12-23)19(22)11-18)20-10-16(7-6-14(20)2)21-15(3)13-25(4)24-21;1-4-25(17-8-7-16(11-22)18(21)10-17)19-9-15(6-5-13(19)2)20-14(3)12-23-24-20/h7-10,13-14,30H,4-6,11-12H2,1-3H3,(H,27,28);6-11H,5H2,1-4H3,(H,27,28);6-11H,5H2,1-4H3,(H,24,25);6-11,13H,5H2,1-4H3;5-10,12H,4H2,1-3H3,(H,23,24). The number of alkyl halides is 3. The zero-order chi connectivity index (χ0) is 98.7. The normalized spacial score (nSPS) is 10.8. The molecular weight excluding hydrogens is 1840 g/mol. The number of unbranched alkanes of at least 4 members (excludes halogenated alkanes) is 2. The molecule has 0 fully saturated rings. The van der Waals surface area contributed by atoms with Gasteiger partial charge in [0.25, 0.3) is 0 Å². The van der Waals surface area contributed by atoms with Crippen molar-refractivity contribution >= 4 is 108 Å². The molecule has 696 valence electrons. The Morgan fingerprint density at radius 1 is 0.382 bits per heavy atom. The van der Waals surface area contributed by atoms with Gasteiger partial charge in [-0.3, -0.25) is 25.1 Å². The first kappa shape index (κ1) is 102. The quantitative estimate of drug-likeness (QED) is 0.0351. The van der Waals surface area contributed by atoms with E-state index in [0.29, 0.717) is 49.6 Å². The van der Waals surface area contributed by atoms with Crippen molar-refractivity contribution in [3.63, 3.8) is 0 Å². The molecule has 5 N–H and O–H groups in total. The monoisotopic (exact) mass is 1940 g/mol. The number of halogens is 7. The van der Waals surface area contributed by atoms with Crippen LogP contribution in [0, 0.1) is 147 Å². The number of anilines is 10. The van der Waals surface area contributed by atoms with Gasteiger partial charge in [-0.25, -0.2) is 0 Å². The number of hydrogen-bond acceptors (Lipinski definition) is 16. The van der Waals surface area contributed by atoms with Gasteiger partial charge in [-0.15, -0.1) is 0 Å². The van der Waals surface area contributed by atoms with E-state index in [9.17, 15) is 18.4 Å². The Hall–Kier alpha value is -14.2. The number of aliphatic hydroxyl groups excluding tert-OH is 1. The van der Waals surface area contributed by atoms with Gasteiger partial charge < -0.3 is 29.6 Å². The van der Waals surface area contributed by atoms with Gasteiger partial charge >= 0.3 is 6.18 Å². The van der Waals surface area contributed by atoms with E-state index in [4.69, 9.17) is 61.0 Å². The van der Waals surface area contributed by atoms with Crippen LogP contribution in [-0.2, 0) is 13.2 Å². The number of benzene rings is 10. The minimum Gasteiger partial charge on any atom is -0.396 e. The molecule has 5 heterocycles. The Morgan fingerprint density at radius 2 is 0.713 bits per heavy atom. The first-order valence-electron chi connectivity index (χ1n) is 44.6. The minimum atomic E-state index is -4.59. The third kappa shape index (κ3) is 23.8. The number of hydrogen-bond donors (Lipinski definition) is 5. The van der Waals surface area contributed by atoms with Crippen molar-refractivity contribution in [2.24, 2.45) is 7.05 Å². The number of aromatic nitrogens is 10. The topological polar surface area (TPSA) is 288 Å². The predicted octanol–water partition coefficient (Wildman–Crippen LogP) is 28.4. The number of H-pyrrole nitrogens is 4. The summed E-state index contributed by atoms with van der Waals surface area (Å²) in [6.45, 7) is 38.4. The van der Waals surface area contributed by atoms with Crippen LogP contribution in [0.25, 0.3) is 55.9 Å². The molecule has 0 spiro atoms. The Balaban J connectivity index is 0.000000164. The molecule has 0 amide bonds. The second-order valence-corrected chi connectivity index (χ2v) is 35.1. The van der Waals surface area contributed by atoms with Gasteiger partial charge in [-0.2, -0.15) is 65.0 Å². The van der Waals surface area contributed by atoms with Gasteiger partial charge in [0.05, 0.1) is 89.2 Å². The van der Waals surface area contributed by atoms with Crippen LogP contribution in [0.5, 0.6) is 0 Å². The molecule has 0 saturated heterocycles. The zero-order valence-electron chi connectivity index (χ0n) is 79.6. The van der Waals surface area contributed by atoms with Crippen LogP contribution in [0.3, 0.4) is 0 Å². The third-order valence-corrected chi connectivity index (χ3v) is 25.3. The molecule has 0 aliphatic carbocycles. The average molecular weight is 1950 g/mol. The lowest BCUT2D eigenvalue weighted by Crippen LogP contribution is -2.19. The summed E-state index contributed by atoms with van der Waals surface area (Å²) < 4.78 is 42.9. The highest BCUT2D eigenvalue weighted by atomic mass is 79.9. The number of aryl methyl sites for hydroxylation is 14. The van der Waals surface area contributed by atoms with E-state index < -0.39 is 11.7 Å². The second kappa shape index (κ2) is 46.2. The highest BCUT2D eigenvalue weighted by molar-refractivity contribution is 9.10. The van der Waals surface area contributed by atoms with E-state index >= 15 is 0 Å². The lowest BCUT2D eigenvalue weighted by molar-refractivity contribution is -0.137. The lowest BCUT2D eigenvalue weighted by atomic mass is 10.00. The van der Waals surface area contributed by atoms with Crippen molar-refractivity contribution < 1.29 is 18.3 Å². The summed E-state index contributed by atoms with van der Waals surface area (Å²) in [7, 11) is 1.93. The van der Waals surface area contributed by atoms with Crippen molar-refractivity contribution in [2.45, 2.75) is 143 Å². The van der Waals surface area contributed by atoms with Gasteiger partial charge in [0.1, 0.15) is 24.3 Å². The zero-order valence-corrected chi connectivity index (χ0v) is 83.4. The maximum atomic E-state index is 13.4. The second-order valence-electron chi connectivity index (χ2n) is 33.1. The van der Waals surface area contributed by atoms with Crippen LogP contribution in [0.15, 0.2) is 199 Å². The summed E-state index contributed by atoms with van der Waals surface area (Å²) in [6, 6.07) is 68.1. The van der Waals surface area contributed by atoms with E-state index in [2.05, 4.69) is 234 Å². The smallest absolute Gasteiger partial charge is 0.396 e. The van der Waals surface area contributed by atoms with E-state index in [1.165, 1.54) is 22.8 Å². The van der Waals surface area contributed by atoms with Crippen LogP contribution in [-0.4, -0.2) is 95.0 Å². The SMILES string of the molecule is CCN(c1ccc(C#N)c(Br)c1)c1cc(-c2c(C)n[nH]c2C)ccc1C.CCN(c1ccc(C#N)c(C(F)(F)F)c1)c1cc(-c2c(C)n[nH]c2C)ccc1C.CCN(c1ccc(C#N)c(Cl)c1)c1cc(-c2[nH]ncc2C)ccc1C.CCN(c1ccc(C#N)c(Cl)c1)c1cc(-c2nn(C)cc2C)ccc1C.Cc1ccc(-c2c(C)n[nH]c2C)cc1N(CCCCCO)c1ccc(C#N)c(Cl)c1. The summed E-state index contributed by atoms with van der Waals surface area (Å²) in [5.41, 5.74) is 34.8. The van der Waals surface area contributed by atoms with Gasteiger partial charge in [0.2, 0.25) is 0 Å². The van der Waals surface area contributed by atoms with E-state index in [1.54, 1.807) is 30.3 Å². The summed E-state index contributed by atoms with van der Waals surface area (Å²) in [4.78, 5) is 10.7. The van der Waals surface area contributed by atoms with Crippen LogP contribution < -0.4 is 24.5 Å². The van der Waals surface area contributed by atoms with Gasteiger partial charge in [-0.05, 0) is 330 Å². The van der Waals surface area contributed by atoms with Crippen LogP contribution in [0.2, 0.25) is 15.1 Å². The first-order chi connectivity index (χ1) is 65.1. The van der Waals surface area contributed by atoms with E-state index in [0.717, 1.165) is 219 Å². The Morgan fingerprint density at radius 3 is 1.03 bits per heavy atom. The highest BCUT2D eigenvalue weighted by Crippen LogP contribution is 2.44. The average Bonchev–Trinajstić information content (AvgIpc) is 1.12. The van der Waals surface area contributed by atoms with E-state index in [1.807, 2.05) is 164 Å². The summed E-state index contributed by atoms with van der Waals surface area (Å²) in [5.74, 6) is 0. The molecule has 0 aliphatic heterocycles. The fourth-order valence-corrected chi connectivity index (χ4v) is 17.8. The molecule has 15 rings (SSSR count). The van der Waals surface area contributed by atoms with E-state index in [-0.39, 0.29) is 12.2 Å². The van der Waals surface area contributed by atoms with Crippen molar-refractivity contribution in [3.05, 3.63) is 320 Å². The van der Waals surface area contributed by atoms with Crippen molar-refractivity contribution in [1.82, 2.24) is 50.6 Å². The predicted molar refractivity (Wildman–Crippen MR) is 548 cm³/mol. The number of aliphatic hydroxyl groups is 1.